The fourth-order valence-electron chi connectivity index (χ4n) is 3.21. The Morgan fingerprint density at radius 3 is 2.90 bits per heavy atom. The van der Waals surface area contributed by atoms with Crippen molar-refractivity contribution >= 4 is 5.91 Å². The van der Waals surface area contributed by atoms with E-state index in [1.165, 1.54) is 0 Å². The number of nitrogens with one attached hydrogen (secondary N) is 1. The third kappa shape index (κ3) is 2.95. The van der Waals surface area contributed by atoms with E-state index in [-0.39, 0.29) is 23.8 Å². The van der Waals surface area contributed by atoms with Crippen molar-refractivity contribution in [3.05, 3.63) is 11.7 Å². The number of aromatic nitrogens is 2. The number of rotatable bonds is 3. The molecule has 1 N–H and O–H groups in total. The summed E-state index contributed by atoms with van der Waals surface area (Å²) in [7, 11) is 0. The first-order chi connectivity index (χ1) is 10.2. The van der Waals surface area contributed by atoms with Gasteiger partial charge in [0.15, 0.2) is 5.82 Å². The maximum Gasteiger partial charge on any atom is 0.229 e. The zero-order valence-corrected chi connectivity index (χ0v) is 12.8. The molecular formula is C15H24N4O2. The molecule has 1 aromatic heterocycles. The predicted molar refractivity (Wildman–Crippen MR) is 77.7 cm³/mol. The van der Waals surface area contributed by atoms with E-state index in [4.69, 9.17) is 4.52 Å². The predicted octanol–water partition coefficient (Wildman–Crippen LogP) is 1.86. The molecule has 6 nitrogen and oxygen atoms in total. The van der Waals surface area contributed by atoms with E-state index in [1.807, 2.05) is 18.7 Å². The van der Waals surface area contributed by atoms with Crippen molar-refractivity contribution in [3.63, 3.8) is 0 Å². The Kier molecular flexibility index (Phi) is 4.24. The first-order valence-electron chi connectivity index (χ1n) is 8.01. The molecule has 0 radical (unpaired) electrons. The van der Waals surface area contributed by atoms with Gasteiger partial charge < -0.3 is 14.7 Å². The van der Waals surface area contributed by atoms with Crippen LogP contribution < -0.4 is 5.32 Å². The fourth-order valence-corrected chi connectivity index (χ4v) is 3.21. The number of hydrogen-bond donors (Lipinski definition) is 1. The van der Waals surface area contributed by atoms with Gasteiger partial charge in [0.05, 0.1) is 12.0 Å². The van der Waals surface area contributed by atoms with Crippen LogP contribution in [0.3, 0.4) is 0 Å². The van der Waals surface area contributed by atoms with Crippen LogP contribution in [-0.2, 0) is 4.79 Å². The Hall–Kier alpha value is -1.43. The summed E-state index contributed by atoms with van der Waals surface area (Å²) in [4.78, 5) is 19.2. The Labute approximate surface area is 125 Å². The lowest BCUT2D eigenvalue weighted by atomic mass is 9.97. The van der Waals surface area contributed by atoms with Gasteiger partial charge in [-0.3, -0.25) is 4.79 Å². The summed E-state index contributed by atoms with van der Waals surface area (Å²) < 4.78 is 5.30. The van der Waals surface area contributed by atoms with Crippen molar-refractivity contribution in [1.82, 2.24) is 20.4 Å². The lowest BCUT2D eigenvalue weighted by Gasteiger charge is -2.29. The van der Waals surface area contributed by atoms with Crippen molar-refractivity contribution in [2.75, 3.05) is 19.6 Å². The van der Waals surface area contributed by atoms with Gasteiger partial charge in [0.25, 0.3) is 0 Å². The third-order valence-corrected chi connectivity index (χ3v) is 4.43. The van der Waals surface area contributed by atoms with Crippen LogP contribution in [0.2, 0.25) is 0 Å². The summed E-state index contributed by atoms with van der Waals surface area (Å²) in [6, 6.07) is -0.00400. The van der Waals surface area contributed by atoms with Gasteiger partial charge in [0.2, 0.25) is 11.8 Å². The minimum absolute atomic E-state index is 0.00400. The molecule has 0 aromatic carbocycles. The van der Waals surface area contributed by atoms with Gasteiger partial charge >= 0.3 is 0 Å². The van der Waals surface area contributed by atoms with E-state index in [2.05, 4.69) is 15.5 Å². The van der Waals surface area contributed by atoms with Gasteiger partial charge in [-0.15, -0.1) is 0 Å². The van der Waals surface area contributed by atoms with Gasteiger partial charge in [-0.05, 0) is 32.2 Å². The summed E-state index contributed by atoms with van der Waals surface area (Å²) in [5, 5.41) is 7.42. The quantitative estimate of drug-likeness (QED) is 0.920. The Bertz CT molecular complexity index is 494. The third-order valence-electron chi connectivity index (χ3n) is 4.43. The van der Waals surface area contributed by atoms with Crippen molar-refractivity contribution in [2.45, 2.75) is 51.5 Å². The highest BCUT2D eigenvalue weighted by Gasteiger charge is 2.36. The van der Waals surface area contributed by atoms with Crippen molar-refractivity contribution < 1.29 is 9.32 Å². The molecule has 0 bridgehead atoms. The first-order valence-corrected chi connectivity index (χ1v) is 8.01. The highest BCUT2D eigenvalue weighted by Crippen LogP contribution is 2.32. The van der Waals surface area contributed by atoms with Crippen LogP contribution in [0.5, 0.6) is 0 Å². The molecule has 2 saturated heterocycles. The second-order valence-corrected chi connectivity index (χ2v) is 6.38. The molecule has 2 fully saturated rings. The average molecular weight is 292 g/mol. The molecule has 2 atom stereocenters. The zero-order chi connectivity index (χ0) is 14.8. The SMILES string of the molecule is CC(C)c1nc(C2CCCN2C(=O)C2CCCNC2)no1. The molecule has 3 rings (SSSR count). The first kappa shape index (κ1) is 14.5. The molecule has 6 heteroatoms. The molecule has 0 spiro atoms. The standard InChI is InChI=1S/C15H24N4O2/c1-10(2)14-17-13(18-21-14)12-6-4-8-19(12)15(20)11-5-3-7-16-9-11/h10-12,16H,3-9H2,1-2H3. The monoisotopic (exact) mass is 292 g/mol. The zero-order valence-electron chi connectivity index (χ0n) is 12.8. The Morgan fingerprint density at radius 1 is 1.38 bits per heavy atom. The van der Waals surface area contributed by atoms with Gasteiger partial charge in [0, 0.05) is 19.0 Å². The van der Waals surface area contributed by atoms with Crippen LogP contribution >= 0.6 is 0 Å². The molecule has 0 aliphatic carbocycles. The van der Waals surface area contributed by atoms with Crippen LogP contribution in [0.15, 0.2) is 4.52 Å². The normalized spacial score (nSPS) is 26.5. The van der Waals surface area contributed by atoms with Crippen LogP contribution in [0.1, 0.15) is 63.2 Å². The van der Waals surface area contributed by atoms with Gasteiger partial charge in [-0.1, -0.05) is 19.0 Å². The van der Waals surface area contributed by atoms with E-state index < -0.39 is 0 Å². The number of carbonyl (C=O) groups excluding carboxylic acids is 1. The Morgan fingerprint density at radius 2 is 2.24 bits per heavy atom. The van der Waals surface area contributed by atoms with Gasteiger partial charge in [-0.25, -0.2) is 0 Å². The molecule has 21 heavy (non-hydrogen) atoms. The molecule has 116 valence electrons. The topological polar surface area (TPSA) is 71.3 Å². The second-order valence-electron chi connectivity index (χ2n) is 6.38. The fraction of sp³-hybridized carbons (Fsp3) is 0.800. The molecule has 3 heterocycles. The largest absolute Gasteiger partial charge is 0.339 e. The summed E-state index contributed by atoms with van der Waals surface area (Å²) in [5.41, 5.74) is 0. The number of likely N-dealkylation sites (tertiary alicyclic amines) is 1. The molecule has 2 unspecified atom stereocenters. The van der Waals surface area contributed by atoms with Crippen LogP contribution in [0, 0.1) is 5.92 Å². The van der Waals surface area contributed by atoms with Gasteiger partial charge in [-0.2, -0.15) is 4.98 Å². The molecule has 1 aromatic rings. The molecule has 2 aliphatic heterocycles. The van der Waals surface area contributed by atoms with E-state index in [0.29, 0.717) is 11.7 Å². The maximum atomic E-state index is 12.7. The van der Waals surface area contributed by atoms with Crippen molar-refractivity contribution in [2.24, 2.45) is 5.92 Å². The second kappa shape index (κ2) is 6.13. The van der Waals surface area contributed by atoms with E-state index >= 15 is 0 Å². The minimum atomic E-state index is -0.00400. The van der Waals surface area contributed by atoms with Crippen molar-refractivity contribution in [3.8, 4) is 0 Å². The molecular weight excluding hydrogens is 268 g/mol. The average Bonchev–Trinajstić information content (AvgIpc) is 3.16. The molecule has 1 amide bonds. The lowest BCUT2D eigenvalue weighted by molar-refractivity contribution is -0.137. The van der Waals surface area contributed by atoms with Gasteiger partial charge in [0.1, 0.15) is 0 Å². The van der Waals surface area contributed by atoms with Crippen LogP contribution in [-0.4, -0.2) is 40.6 Å². The Balaban J connectivity index is 1.73. The summed E-state index contributed by atoms with van der Waals surface area (Å²) in [6.45, 7) is 6.69. The molecule has 2 aliphatic rings. The number of carbonyl (C=O) groups is 1. The smallest absolute Gasteiger partial charge is 0.229 e. The van der Waals surface area contributed by atoms with Crippen LogP contribution in [0.25, 0.3) is 0 Å². The minimum Gasteiger partial charge on any atom is -0.339 e. The molecule has 0 saturated carbocycles. The maximum absolute atomic E-state index is 12.7. The lowest BCUT2D eigenvalue weighted by Crippen LogP contribution is -2.42. The number of nitrogens with zero attached hydrogens (tertiary/aromatic N) is 3. The number of piperidine rings is 1. The van der Waals surface area contributed by atoms with E-state index in [0.717, 1.165) is 45.3 Å². The summed E-state index contributed by atoms with van der Waals surface area (Å²) in [5.74, 6) is 1.91. The summed E-state index contributed by atoms with van der Waals surface area (Å²) >= 11 is 0. The number of amides is 1. The highest BCUT2D eigenvalue weighted by atomic mass is 16.5. The highest BCUT2D eigenvalue weighted by molar-refractivity contribution is 5.79. The van der Waals surface area contributed by atoms with Crippen molar-refractivity contribution in [1.29, 1.82) is 0 Å². The van der Waals surface area contributed by atoms with E-state index in [9.17, 15) is 4.79 Å². The summed E-state index contributed by atoms with van der Waals surface area (Å²) in [6.07, 6.45) is 4.01. The number of hydrogen-bond acceptors (Lipinski definition) is 5. The van der Waals surface area contributed by atoms with E-state index in [1.54, 1.807) is 0 Å². The van der Waals surface area contributed by atoms with Crippen LogP contribution in [0.4, 0.5) is 0 Å².